The number of carbonyl (C=O) groups is 3. The Hall–Kier alpha value is -2.63. The van der Waals surface area contributed by atoms with Gasteiger partial charge in [0, 0.05) is 19.3 Å². The topological polar surface area (TPSA) is 78.9 Å². The molecular formula is C71H130O6. The molecule has 0 aliphatic heterocycles. The molecule has 0 fully saturated rings. The number of hydrogen-bond acceptors (Lipinski definition) is 6. The van der Waals surface area contributed by atoms with Crippen LogP contribution in [-0.4, -0.2) is 37.2 Å². The Bertz CT molecular complexity index is 1330. The minimum Gasteiger partial charge on any atom is -0.462 e. The Labute approximate surface area is 479 Å². The van der Waals surface area contributed by atoms with E-state index in [1.807, 2.05) is 0 Å². The molecule has 0 aromatic carbocycles. The average Bonchev–Trinajstić information content (AvgIpc) is 3.43. The Morgan fingerprint density at radius 1 is 0.273 bits per heavy atom. The van der Waals surface area contributed by atoms with Gasteiger partial charge in [0.05, 0.1) is 0 Å². The minimum absolute atomic E-state index is 0.0661. The van der Waals surface area contributed by atoms with Crippen LogP contribution < -0.4 is 0 Å². The van der Waals surface area contributed by atoms with Gasteiger partial charge in [-0.25, -0.2) is 0 Å². The smallest absolute Gasteiger partial charge is 0.306 e. The molecule has 77 heavy (non-hydrogen) atoms. The zero-order valence-electron chi connectivity index (χ0n) is 51.7. The number of hydrogen-bond donors (Lipinski definition) is 0. The van der Waals surface area contributed by atoms with Gasteiger partial charge in [-0.1, -0.05) is 339 Å². The molecular weight excluding hydrogens is 949 g/mol. The monoisotopic (exact) mass is 1080 g/mol. The Morgan fingerprint density at radius 2 is 0.506 bits per heavy atom. The molecule has 0 radical (unpaired) electrons. The fraction of sp³-hybridized carbons (Fsp3) is 0.845. The number of esters is 3. The predicted octanol–water partition coefficient (Wildman–Crippen LogP) is 23.3. The Balaban J connectivity index is 4.24. The van der Waals surface area contributed by atoms with Gasteiger partial charge >= 0.3 is 17.9 Å². The van der Waals surface area contributed by atoms with E-state index < -0.39 is 6.10 Å². The summed E-state index contributed by atoms with van der Waals surface area (Å²) in [6, 6.07) is 0. The molecule has 0 saturated heterocycles. The molecule has 0 rings (SSSR count). The summed E-state index contributed by atoms with van der Waals surface area (Å²) >= 11 is 0. The van der Waals surface area contributed by atoms with E-state index in [4.69, 9.17) is 14.2 Å². The van der Waals surface area contributed by atoms with E-state index in [1.54, 1.807) is 0 Å². The van der Waals surface area contributed by atoms with Crippen molar-refractivity contribution in [2.24, 2.45) is 0 Å². The van der Waals surface area contributed by atoms with Crippen LogP contribution in [0.3, 0.4) is 0 Å². The second-order valence-corrected chi connectivity index (χ2v) is 23.1. The first kappa shape index (κ1) is 74.4. The van der Waals surface area contributed by atoms with E-state index >= 15 is 0 Å². The number of ether oxygens (including phenoxy) is 3. The van der Waals surface area contributed by atoms with E-state index in [0.29, 0.717) is 19.3 Å². The maximum Gasteiger partial charge on any atom is 0.306 e. The summed E-state index contributed by atoms with van der Waals surface area (Å²) in [5.74, 6) is -0.838. The van der Waals surface area contributed by atoms with Gasteiger partial charge in [0.25, 0.3) is 0 Å². The first-order chi connectivity index (χ1) is 38.0. The number of unbranched alkanes of at least 4 members (excludes halogenated alkanes) is 44. The van der Waals surface area contributed by atoms with Crippen molar-refractivity contribution in [3.63, 3.8) is 0 Å². The molecule has 0 amide bonds. The van der Waals surface area contributed by atoms with Crippen molar-refractivity contribution < 1.29 is 28.6 Å². The van der Waals surface area contributed by atoms with Gasteiger partial charge in [0.2, 0.25) is 0 Å². The molecule has 0 aliphatic carbocycles. The van der Waals surface area contributed by atoms with Crippen molar-refractivity contribution in [1.29, 1.82) is 0 Å². The van der Waals surface area contributed by atoms with Crippen LogP contribution in [0.4, 0.5) is 0 Å². The van der Waals surface area contributed by atoms with Crippen LogP contribution in [0.2, 0.25) is 0 Å². The number of allylic oxidation sites excluding steroid dienone is 8. The van der Waals surface area contributed by atoms with E-state index in [2.05, 4.69) is 69.4 Å². The first-order valence-corrected chi connectivity index (χ1v) is 34.1. The fourth-order valence-corrected chi connectivity index (χ4v) is 10.3. The van der Waals surface area contributed by atoms with Gasteiger partial charge in [-0.2, -0.15) is 0 Å². The lowest BCUT2D eigenvalue weighted by atomic mass is 10.0. The van der Waals surface area contributed by atoms with Gasteiger partial charge in [-0.3, -0.25) is 14.4 Å². The third kappa shape index (κ3) is 64.1. The zero-order chi connectivity index (χ0) is 55.7. The van der Waals surface area contributed by atoms with Crippen LogP contribution in [0.1, 0.15) is 367 Å². The summed E-state index contributed by atoms with van der Waals surface area (Å²) in [5.41, 5.74) is 0. The lowest BCUT2D eigenvalue weighted by Gasteiger charge is -2.18. The summed E-state index contributed by atoms with van der Waals surface area (Å²) < 4.78 is 17.0. The highest BCUT2D eigenvalue weighted by molar-refractivity contribution is 5.71. The standard InChI is InChI=1S/C71H130O6/c1-4-7-10-13-16-19-22-25-28-30-31-32-33-34-35-36-37-38-39-41-43-46-49-52-55-58-61-64-70(73)76-67-68(66-75-69(72)63-60-57-54-51-48-45-42-27-24-21-18-15-12-9-6-3)77-71(74)65-62-59-56-53-50-47-44-40-29-26-23-20-17-14-11-8-5-2/h7,10,16,19,25,28,31-32,68H,4-6,8-9,11-15,17-18,20-24,26-27,29-30,33-67H2,1-3H3/b10-7-,19-16-,28-25-,32-31-. The minimum atomic E-state index is -0.769. The van der Waals surface area contributed by atoms with Gasteiger partial charge in [-0.05, 0) is 57.8 Å². The van der Waals surface area contributed by atoms with E-state index in [9.17, 15) is 14.4 Å². The Kier molecular flexibility index (Phi) is 63.6. The SMILES string of the molecule is CC/C=C\C/C=C\C/C=C\C/C=C\CCCCCCCCCCCCCCCCC(=O)OCC(COC(=O)CCCCCCCCCCCCCCCCC)OC(=O)CCCCCCCCCCCCCCCCCCC. The van der Waals surface area contributed by atoms with Crippen molar-refractivity contribution in [3.05, 3.63) is 48.6 Å². The molecule has 0 aromatic rings. The van der Waals surface area contributed by atoms with Crippen LogP contribution in [0, 0.1) is 0 Å². The third-order valence-electron chi connectivity index (χ3n) is 15.3. The van der Waals surface area contributed by atoms with Crippen LogP contribution >= 0.6 is 0 Å². The number of carbonyl (C=O) groups excluding carboxylic acids is 3. The maximum atomic E-state index is 12.9. The molecule has 1 unspecified atom stereocenters. The second kappa shape index (κ2) is 65.9. The zero-order valence-corrected chi connectivity index (χ0v) is 51.7. The molecule has 0 heterocycles. The Morgan fingerprint density at radius 3 is 0.792 bits per heavy atom. The van der Waals surface area contributed by atoms with E-state index in [1.165, 1.54) is 244 Å². The number of rotatable bonds is 63. The summed E-state index contributed by atoms with van der Waals surface area (Å²) in [7, 11) is 0. The van der Waals surface area contributed by atoms with Crippen molar-refractivity contribution >= 4 is 17.9 Å². The summed E-state index contributed by atoms with van der Waals surface area (Å²) in [4.78, 5) is 38.4. The second-order valence-electron chi connectivity index (χ2n) is 23.1. The summed E-state index contributed by atoms with van der Waals surface area (Å²) in [6.45, 7) is 6.60. The summed E-state index contributed by atoms with van der Waals surface area (Å²) in [6.07, 6.45) is 82.7. The van der Waals surface area contributed by atoms with E-state index in [-0.39, 0.29) is 31.1 Å². The molecule has 0 bridgehead atoms. The highest BCUT2D eigenvalue weighted by atomic mass is 16.6. The lowest BCUT2D eigenvalue weighted by Crippen LogP contribution is -2.30. The van der Waals surface area contributed by atoms with Crippen molar-refractivity contribution in [3.8, 4) is 0 Å². The average molecular weight is 1080 g/mol. The molecule has 1 atom stereocenters. The third-order valence-corrected chi connectivity index (χ3v) is 15.3. The van der Waals surface area contributed by atoms with Gasteiger partial charge in [-0.15, -0.1) is 0 Å². The molecule has 0 aliphatic rings. The van der Waals surface area contributed by atoms with Crippen molar-refractivity contribution in [2.45, 2.75) is 374 Å². The van der Waals surface area contributed by atoms with Gasteiger partial charge in [0.1, 0.15) is 13.2 Å². The van der Waals surface area contributed by atoms with Crippen LogP contribution in [-0.2, 0) is 28.6 Å². The van der Waals surface area contributed by atoms with Crippen molar-refractivity contribution in [2.75, 3.05) is 13.2 Å². The largest absolute Gasteiger partial charge is 0.462 e. The molecule has 0 N–H and O–H groups in total. The molecule has 0 spiro atoms. The first-order valence-electron chi connectivity index (χ1n) is 34.1. The van der Waals surface area contributed by atoms with Gasteiger partial charge in [0.15, 0.2) is 6.10 Å². The predicted molar refractivity (Wildman–Crippen MR) is 335 cm³/mol. The van der Waals surface area contributed by atoms with Crippen LogP contribution in [0.5, 0.6) is 0 Å². The highest BCUT2D eigenvalue weighted by Crippen LogP contribution is 2.18. The van der Waals surface area contributed by atoms with E-state index in [0.717, 1.165) is 83.5 Å². The lowest BCUT2D eigenvalue weighted by molar-refractivity contribution is -0.167. The highest BCUT2D eigenvalue weighted by Gasteiger charge is 2.19. The van der Waals surface area contributed by atoms with Gasteiger partial charge < -0.3 is 14.2 Å². The molecule has 450 valence electrons. The van der Waals surface area contributed by atoms with Crippen molar-refractivity contribution in [1.82, 2.24) is 0 Å². The molecule has 0 saturated carbocycles. The summed E-state index contributed by atoms with van der Waals surface area (Å²) in [5, 5.41) is 0. The molecule has 6 nitrogen and oxygen atoms in total. The normalized spacial score (nSPS) is 12.3. The van der Waals surface area contributed by atoms with Crippen LogP contribution in [0.15, 0.2) is 48.6 Å². The molecule has 6 heteroatoms. The van der Waals surface area contributed by atoms with Crippen LogP contribution in [0.25, 0.3) is 0 Å². The molecule has 0 aromatic heterocycles. The maximum absolute atomic E-state index is 12.9. The quantitative estimate of drug-likeness (QED) is 0.0261. The fourth-order valence-electron chi connectivity index (χ4n) is 10.3.